The van der Waals surface area contributed by atoms with Crippen LogP contribution >= 0.6 is 0 Å². The molecule has 0 aliphatic heterocycles. The van der Waals surface area contributed by atoms with Crippen molar-refractivity contribution in [2.24, 2.45) is 23.2 Å². The highest BCUT2D eigenvalue weighted by molar-refractivity contribution is 5.78. The van der Waals surface area contributed by atoms with E-state index in [4.69, 9.17) is 0 Å². The quantitative estimate of drug-likeness (QED) is 0.801. The predicted molar refractivity (Wildman–Crippen MR) is 70.6 cm³/mol. The van der Waals surface area contributed by atoms with Gasteiger partial charge in [-0.05, 0) is 55.8 Å². The summed E-state index contributed by atoms with van der Waals surface area (Å²) in [4.78, 5) is 12.0. The van der Waals surface area contributed by atoms with E-state index in [1.807, 2.05) is 0 Å². The summed E-state index contributed by atoms with van der Waals surface area (Å²) in [5, 5.41) is 3.13. The van der Waals surface area contributed by atoms with Crippen LogP contribution < -0.4 is 5.32 Å². The Bertz CT molecular complexity index is 267. The molecule has 2 aliphatic carbocycles. The second-order valence-corrected chi connectivity index (χ2v) is 7.10. The number of carbonyl (C=O) groups excluding carboxylic acids is 1. The van der Waals surface area contributed by atoms with Gasteiger partial charge in [0.1, 0.15) is 0 Å². The molecule has 1 N–H and O–H groups in total. The molecule has 17 heavy (non-hydrogen) atoms. The lowest BCUT2D eigenvalue weighted by Crippen LogP contribution is -2.36. The number of rotatable bonds is 3. The van der Waals surface area contributed by atoms with Crippen molar-refractivity contribution >= 4 is 5.91 Å². The summed E-state index contributed by atoms with van der Waals surface area (Å²) in [5.41, 5.74) is 0.412. The van der Waals surface area contributed by atoms with Crippen molar-refractivity contribution in [1.82, 2.24) is 5.32 Å². The third-order valence-electron chi connectivity index (χ3n) is 4.58. The summed E-state index contributed by atoms with van der Waals surface area (Å²) in [7, 11) is 0. The molecule has 0 heterocycles. The van der Waals surface area contributed by atoms with Gasteiger partial charge in [-0.15, -0.1) is 0 Å². The fraction of sp³-hybridized carbons (Fsp3) is 0.933. The molecule has 2 nitrogen and oxygen atoms in total. The molecule has 2 saturated carbocycles. The highest BCUT2D eigenvalue weighted by Gasteiger charge is 2.32. The molecule has 2 rings (SSSR count). The van der Waals surface area contributed by atoms with E-state index in [9.17, 15) is 4.79 Å². The average Bonchev–Trinajstić information content (AvgIpc) is 3.09. The summed E-state index contributed by atoms with van der Waals surface area (Å²) < 4.78 is 0. The van der Waals surface area contributed by atoms with Gasteiger partial charge >= 0.3 is 0 Å². The molecule has 0 saturated heterocycles. The average molecular weight is 237 g/mol. The Morgan fingerprint density at radius 1 is 1.06 bits per heavy atom. The first-order chi connectivity index (χ1) is 7.97. The molecule has 0 aromatic heterocycles. The minimum Gasteiger partial charge on any atom is -0.356 e. The van der Waals surface area contributed by atoms with E-state index in [0.29, 0.717) is 17.2 Å². The van der Waals surface area contributed by atoms with E-state index >= 15 is 0 Å². The van der Waals surface area contributed by atoms with Gasteiger partial charge in [0, 0.05) is 12.5 Å². The lowest BCUT2D eigenvalue weighted by atomic mass is 9.69. The maximum atomic E-state index is 12.0. The Kier molecular flexibility index (Phi) is 3.79. The number of hydrogen-bond acceptors (Lipinski definition) is 1. The molecule has 2 aliphatic rings. The minimum atomic E-state index is 0.298. The fourth-order valence-electron chi connectivity index (χ4n) is 2.93. The van der Waals surface area contributed by atoms with E-state index < -0.39 is 0 Å². The van der Waals surface area contributed by atoms with E-state index in [0.717, 1.165) is 31.2 Å². The van der Waals surface area contributed by atoms with Crippen molar-refractivity contribution in [3.8, 4) is 0 Å². The second kappa shape index (κ2) is 4.99. The van der Waals surface area contributed by atoms with Gasteiger partial charge in [-0.3, -0.25) is 4.79 Å². The lowest BCUT2D eigenvalue weighted by Gasteiger charge is -2.36. The van der Waals surface area contributed by atoms with E-state index in [1.54, 1.807) is 0 Å². The van der Waals surface area contributed by atoms with Crippen LogP contribution in [0.25, 0.3) is 0 Å². The van der Waals surface area contributed by atoms with Crippen LogP contribution in [0.3, 0.4) is 0 Å². The van der Waals surface area contributed by atoms with Crippen LogP contribution in [-0.4, -0.2) is 12.5 Å². The number of hydrogen-bond donors (Lipinski definition) is 1. The zero-order chi connectivity index (χ0) is 12.5. The monoisotopic (exact) mass is 237 g/mol. The molecule has 0 atom stereocenters. The molecule has 0 unspecified atom stereocenters. The van der Waals surface area contributed by atoms with Gasteiger partial charge in [-0.25, -0.2) is 0 Å². The van der Waals surface area contributed by atoms with Crippen molar-refractivity contribution in [3.63, 3.8) is 0 Å². The van der Waals surface area contributed by atoms with Crippen LogP contribution in [0.15, 0.2) is 0 Å². The highest BCUT2D eigenvalue weighted by atomic mass is 16.1. The maximum absolute atomic E-state index is 12.0. The first kappa shape index (κ1) is 12.9. The number of amides is 1. The van der Waals surface area contributed by atoms with Gasteiger partial charge in [0.15, 0.2) is 0 Å². The van der Waals surface area contributed by atoms with Gasteiger partial charge in [0.25, 0.3) is 0 Å². The van der Waals surface area contributed by atoms with Crippen LogP contribution in [0.5, 0.6) is 0 Å². The largest absolute Gasteiger partial charge is 0.356 e. The Morgan fingerprint density at radius 3 is 2.12 bits per heavy atom. The summed E-state index contributed by atoms with van der Waals surface area (Å²) in [5.74, 6) is 2.22. The third kappa shape index (κ3) is 3.72. The van der Waals surface area contributed by atoms with Gasteiger partial charge in [0.2, 0.25) is 5.91 Å². The van der Waals surface area contributed by atoms with Gasteiger partial charge < -0.3 is 5.32 Å². The summed E-state index contributed by atoms with van der Waals surface area (Å²) in [6.45, 7) is 7.90. The van der Waals surface area contributed by atoms with Crippen LogP contribution in [0.2, 0.25) is 0 Å². The molecular formula is C15H27NO. The standard InChI is InChI=1S/C15H27NO/c1-15(2,3)13-8-6-12(7-9-13)14(17)16-10-11-4-5-11/h11-13H,4-10H2,1-3H3,(H,16,17). The maximum Gasteiger partial charge on any atom is 0.223 e. The summed E-state index contributed by atoms with van der Waals surface area (Å²) in [6, 6.07) is 0. The first-order valence-electron chi connectivity index (χ1n) is 7.24. The van der Waals surface area contributed by atoms with Crippen LogP contribution in [-0.2, 0) is 4.79 Å². The zero-order valence-electron chi connectivity index (χ0n) is 11.6. The van der Waals surface area contributed by atoms with Crippen molar-refractivity contribution < 1.29 is 4.79 Å². The molecule has 98 valence electrons. The zero-order valence-corrected chi connectivity index (χ0v) is 11.6. The van der Waals surface area contributed by atoms with Crippen molar-refractivity contribution in [3.05, 3.63) is 0 Å². The van der Waals surface area contributed by atoms with Crippen LogP contribution in [0.1, 0.15) is 59.3 Å². The first-order valence-corrected chi connectivity index (χ1v) is 7.24. The number of carbonyl (C=O) groups is 1. The molecule has 0 radical (unpaired) electrons. The predicted octanol–water partition coefficient (Wildman–Crippen LogP) is 3.37. The topological polar surface area (TPSA) is 29.1 Å². The minimum absolute atomic E-state index is 0.298. The lowest BCUT2D eigenvalue weighted by molar-refractivity contribution is -0.126. The normalized spacial score (nSPS) is 30.1. The fourth-order valence-corrected chi connectivity index (χ4v) is 2.93. The van der Waals surface area contributed by atoms with Gasteiger partial charge in [-0.2, -0.15) is 0 Å². The molecule has 1 amide bonds. The highest BCUT2D eigenvalue weighted by Crippen LogP contribution is 2.39. The van der Waals surface area contributed by atoms with Crippen molar-refractivity contribution in [2.75, 3.05) is 6.54 Å². The van der Waals surface area contributed by atoms with Crippen molar-refractivity contribution in [2.45, 2.75) is 59.3 Å². The Labute approximate surface area is 106 Å². The van der Waals surface area contributed by atoms with Gasteiger partial charge in [-0.1, -0.05) is 20.8 Å². The Hall–Kier alpha value is -0.530. The smallest absolute Gasteiger partial charge is 0.223 e. The van der Waals surface area contributed by atoms with E-state index in [-0.39, 0.29) is 0 Å². The molecule has 0 spiro atoms. The van der Waals surface area contributed by atoms with E-state index in [1.165, 1.54) is 25.7 Å². The van der Waals surface area contributed by atoms with Gasteiger partial charge in [0.05, 0.1) is 0 Å². The summed E-state index contributed by atoms with van der Waals surface area (Å²) >= 11 is 0. The Balaban J connectivity index is 1.72. The Morgan fingerprint density at radius 2 is 1.65 bits per heavy atom. The molecule has 0 bridgehead atoms. The molecule has 0 aromatic carbocycles. The third-order valence-corrected chi connectivity index (χ3v) is 4.58. The van der Waals surface area contributed by atoms with Crippen molar-refractivity contribution in [1.29, 1.82) is 0 Å². The molecular weight excluding hydrogens is 210 g/mol. The summed E-state index contributed by atoms with van der Waals surface area (Å²) in [6.07, 6.45) is 7.28. The SMILES string of the molecule is CC(C)(C)C1CCC(C(=O)NCC2CC2)CC1. The number of nitrogens with one attached hydrogen (secondary N) is 1. The molecule has 2 fully saturated rings. The van der Waals surface area contributed by atoms with Crippen LogP contribution in [0, 0.1) is 23.2 Å². The molecule has 0 aromatic rings. The van der Waals surface area contributed by atoms with E-state index in [2.05, 4.69) is 26.1 Å². The second-order valence-electron chi connectivity index (χ2n) is 7.10. The van der Waals surface area contributed by atoms with Crippen LogP contribution in [0.4, 0.5) is 0 Å². The molecule has 2 heteroatoms.